The Bertz CT molecular complexity index is 1810. The van der Waals surface area contributed by atoms with E-state index in [2.05, 4.69) is 5.32 Å². The molecule has 1 unspecified atom stereocenters. The number of amides is 2. The van der Waals surface area contributed by atoms with Gasteiger partial charge in [-0.2, -0.15) is 0 Å². The lowest BCUT2D eigenvalue weighted by Crippen LogP contribution is -2.32. The number of esters is 1. The number of ether oxygens (including phenoxy) is 1. The van der Waals surface area contributed by atoms with Gasteiger partial charge < -0.3 is 23.8 Å². The summed E-state index contributed by atoms with van der Waals surface area (Å²) in [6.45, 7) is 5.86. The number of likely N-dealkylation sites (N-methyl/N-ethyl adjacent to an activating group) is 1. The minimum Gasteiger partial charge on any atom is -0.456 e. The highest BCUT2D eigenvalue weighted by atomic mass is 35.5. The van der Waals surface area contributed by atoms with Crippen molar-refractivity contribution >= 4 is 40.8 Å². The molecular weight excluding hydrogens is 598 g/mol. The Morgan fingerprint density at radius 3 is 2.49 bits per heavy atom. The maximum Gasteiger partial charge on any atom is 0.519 e. The number of carbonyl (C=O) groups is 3. The standard InChI is InChI=1S/C34H34ClN3O7/c1-20-8-5-6-9-25(20)32(40)36-24-12-13-26(21(2)16-24)33(41)38-15-7-10-29(27-17-23(35)11-14-28(27)38)44-31(39)19-37(4)18-30-22(3)43-34(42)45-30/h5-6,8-9,11-14,16-17,29H,7,10,15,18-19H2,1-4H3,(H,36,40). The highest BCUT2D eigenvalue weighted by Crippen LogP contribution is 2.38. The van der Waals surface area contributed by atoms with Crippen LogP contribution in [0.2, 0.25) is 5.02 Å². The van der Waals surface area contributed by atoms with Gasteiger partial charge in [-0.25, -0.2) is 4.79 Å². The molecule has 0 bridgehead atoms. The van der Waals surface area contributed by atoms with Crippen LogP contribution in [0.3, 0.4) is 0 Å². The van der Waals surface area contributed by atoms with Crippen LogP contribution < -0.4 is 16.0 Å². The van der Waals surface area contributed by atoms with Gasteiger partial charge in [0.25, 0.3) is 11.8 Å². The fourth-order valence-electron chi connectivity index (χ4n) is 5.46. The number of halogens is 1. The Morgan fingerprint density at radius 1 is 1.00 bits per heavy atom. The molecule has 45 heavy (non-hydrogen) atoms. The lowest BCUT2D eigenvalue weighted by molar-refractivity contribution is -0.151. The average Bonchev–Trinajstić information content (AvgIpc) is 3.19. The molecule has 0 aliphatic carbocycles. The van der Waals surface area contributed by atoms with Gasteiger partial charge >= 0.3 is 11.8 Å². The molecule has 0 spiro atoms. The Morgan fingerprint density at radius 2 is 1.78 bits per heavy atom. The normalized spacial score (nSPS) is 14.5. The summed E-state index contributed by atoms with van der Waals surface area (Å²) >= 11 is 6.37. The third-order valence-corrected chi connectivity index (χ3v) is 7.98. The van der Waals surface area contributed by atoms with Gasteiger partial charge in [0, 0.05) is 33.9 Å². The van der Waals surface area contributed by atoms with Crippen molar-refractivity contribution in [1.82, 2.24) is 4.90 Å². The van der Waals surface area contributed by atoms with E-state index in [-0.39, 0.29) is 24.9 Å². The van der Waals surface area contributed by atoms with E-state index in [4.69, 9.17) is 25.2 Å². The summed E-state index contributed by atoms with van der Waals surface area (Å²) in [6, 6.07) is 17.7. The van der Waals surface area contributed by atoms with E-state index < -0.39 is 17.9 Å². The van der Waals surface area contributed by atoms with Gasteiger partial charge in [-0.15, -0.1) is 0 Å². The average molecular weight is 632 g/mol. The van der Waals surface area contributed by atoms with E-state index >= 15 is 0 Å². The van der Waals surface area contributed by atoms with Gasteiger partial charge in [0.1, 0.15) is 11.9 Å². The number of benzene rings is 3. The Hall–Kier alpha value is -4.67. The zero-order valence-electron chi connectivity index (χ0n) is 25.5. The van der Waals surface area contributed by atoms with Crippen LogP contribution in [0.5, 0.6) is 0 Å². The summed E-state index contributed by atoms with van der Waals surface area (Å²) < 4.78 is 15.8. The molecule has 234 valence electrons. The summed E-state index contributed by atoms with van der Waals surface area (Å²) in [5, 5.41) is 3.37. The summed E-state index contributed by atoms with van der Waals surface area (Å²) in [5.74, 6) is -1.00. The van der Waals surface area contributed by atoms with Crippen molar-refractivity contribution in [2.75, 3.05) is 30.4 Å². The first-order chi connectivity index (χ1) is 21.5. The van der Waals surface area contributed by atoms with Gasteiger partial charge in [-0.3, -0.25) is 19.3 Å². The summed E-state index contributed by atoms with van der Waals surface area (Å²) in [6.07, 6.45) is 0.450. The monoisotopic (exact) mass is 631 g/mol. The number of nitrogens with zero attached hydrogens (tertiary/aromatic N) is 2. The summed E-state index contributed by atoms with van der Waals surface area (Å²) in [5.41, 5.74) is 4.48. The van der Waals surface area contributed by atoms with Crippen molar-refractivity contribution in [1.29, 1.82) is 0 Å². The molecular formula is C34H34ClN3O7. The van der Waals surface area contributed by atoms with Gasteiger partial charge in [0.2, 0.25) is 0 Å². The first-order valence-corrected chi connectivity index (χ1v) is 14.9. The Balaban J connectivity index is 1.31. The number of hydrogen-bond donors (Lipinski definition) is 1. The van der Waals surface area contributed by atoms with Crippen LogP contribution >= 0.6 is 11.6 Å². The molecule has 1 aliphatic heterocycles. The maximum atomic E-state index is 14.0. The van der Waals surface area contributed by atoms with Crippen molar-refractivity contribution in [3.8, 4) is 0 Å². The number of anilines is 2. The van der Waals surface area contributed by atoms with Crippen molar-refractivity contribution in [3.63, 3.8) is 0 Å². The van der Waals surface area contributed by atoms with Crippen molar-refractivity contribution < 1.29 is 28.0 Å². The van der Waals surface area contributed by atoms with Crippen molar-refractivity contribution in [2.24, 2.45) is 0 Å². The minimum absolute atomic E-state index is 0.0602. The number of nitrogens with one attached hydrogen (secondary N) is 1. The highest BCUT2D eigenvalue weighted by Gasteiger charge is 2.30. The van der Waals surface area contributed by atoms with Crippen molar-refractivity contribution in [3.05, 3.63) is 116 Å². The quantitative estimate of drug-likeness (QED) is 0.227. The van der Waals surface area contributed by atoms with Gasteiger partial charge in [0.05, 0.1) is 18.8 Å². The second kappa shape index (κ2) is 13.5. The van der Waals surface area contributed by atoms with E-state index in [0.717, 1.165) is 5.56 Å². The number of rotatable bonds is 8. The zero-order valence-corrected chi connectivity index (χ0v) is 26.3. The van der Waals surface area contributed by atoms with Gasteiger partial charge in [0.15, 0.2) is 5.76 Å². The van der Waals surface area contributed by atoms with E-state index in [9.17, 15) is 19.2 Å². The molecule has 10 nitrogen and oxygen atoms in total. The van der Waals surface area contributed by atoms with E-state index in [1.165, 1.54) is 0 Å². The minimum atomic E-state index is -0.791. The molecule has 4 aromatic rings. The molecule has 0 radical (unpaired) electrons. The van der Waals surface area contributed by atoms with Crippen LogP contribution in [0, 0.1) is 20.8 Å². The van der Waals surface area contributed by atoms with Crippen LogP contribution in [0.15, 0.2) is 74.3 Å². The van der Waals surface area contributed by atoms with Crippen LogP contribution in [-0.2, 0) is 16.1 Å². The molecule has 11 heteroatoms. The molecule has 1 N–H and O–H groups in total. The van der Waals surface area contributed by atoms with E-state index in [1.807, 2.05) is 32.0 Å². The molecule has 1 aliphatic rings. The number of aryl methyl sites for hydroxylation is 3. The third-order valence-electron chi connectivity index (χ3n) is 7.75. The van der Waals surface area contributed by atoms with Gasteiger partial charge in [-0.1, -0.05) is 29.8 Å². The maximum absolute atomic E-state index is 14.0. The fraction of sp³-hybridized carbons (Fsp3) is 0.294. The molecule has 1 atom stereocenters. The molecule has 3 aromatic carbocycles. The van der Waals surface area contributed by atoms with Crippen LogP contribution in [0.25, 0.3) is 0 Å². The summed E-state index contributed by atoms with van der Waals surface area (Å²) in [4.78, 5) is 54.5. The molecule has 2 amide bonds. The van der Waals surface area contributed by atoms with Crippen LogP contribution in [0.1, 0.15) is 67.9 Å². The van der Waals surface area contributed by atoms with Crippen LogP contribution in [-0.4, -0.2) is 42.8 Å². The van der Waals surface area contributed by atoms with Crippen molar-refractivity contribution in [2.45, 2.75) is 46.3 Å². The summed E-state index contributed by atoms with van der Waals surface area (Å²) in [7, 11) is 1.70. The molecule has 5 rings (SSSR count). The largest absolute Gasteiger partial charge is 0.519 e. The molecule has 2 heterocycles. The lowest BCUT2D eigenvalue weighted by Gasteiger charge is -2.25. The first kappa shape index (κ1) is 31.7. The molecule has 0 saturated heterocycles. The molecule has 0 fully saturated rings. The number of carbonyl (C=O) groups excluding carboxylic acids is 3. The smallest absolute Gasteiger partial charge is 0.456 e. The van der Waals surface area contributed by atoms with Crippen LogP contribution in [0.4, 0.5) is 11.4 Å². The van der Waals surface area contributed by atoms with E-state index in [0.29, 0.717) is 69.6 Å². The number of hydrogen-bond acceptors (Lipinski definition) is 8. The second-order valence-corrected chi connectivity index (χ2v) is 11.6. The Kier molecular flexibility index (Phi) is 9.55. The predicted octanol–water partition coefficient (Wildman–Crippen LogP) is 6.22. The molecule has 0 saturated carbocycles. The highest BCUT2D eigenvalue weighted by molar-refractivity contribution is 6.30. The van der Waals surface area contributed by atoms with Gasteiger partial charge in [-0.05, 0) is 94.3 Å². The zero-order chi connectivity index (χ0) is 32.2. The Labute approximate surface area is 265 Å². The topological polar surface area (TPSA) is 122 Å². The third kappa shape index (κ3) is 7.35. The molecule has 1 aromatic heterocycles. The first-order valence-electron chi connectivity index (χ1n) is 14.6. The number of fused-ring (bicyclic) bond motifs is 1. The lowest BCUT2D eigenvalue weighted by atomic mass is 10.0. The predicted molar refractivity (Wildman–Crippen MR) is 170 cm³/mol. The fourth-order valence-corrected chi connectivity index (χ4v) is 5.64. The SMILES string of the molecule is Cc1ccccc1C(=O)Nc1ccc(C(=O)N2CCCC(OC(=O)CN(C)Cc3oc(=O)oc3C)c3cc(Cl)ccc32)c(C)c1. The van der Waals surface area contributed by atoms with E-state index in [1.54, 1.807) is 66.2 Å². The second-order valence-electron chi connectivity index (χ2n) is 11.2.